The molecule has 4 heteroatoms. The van der Waals surface area contributed by atoms with Crippen molar-refractivity contribution in [1.29, 1.82) is 0 Å². The molecule has 1 heterocycles. The molecule has 0 spiro atoms. The molecule has 1 aromatic carbocycles. The Bertz CT molecular complexity index is 463. The van der Waals surface area contributed by atoms with Crippen molar-refractivity contribution in [3.05, 3.63) is 23.3 Å². The summed E-state index contributed by atoms with van der Waals surface area (Å²) < 4.78 is 10.6. The summed E-state index contributed by atoms with van der Waals surface area (Å²) in [5.74, 6) is 0.677. The number of carboxylic acid groups (broad SMARTS) is 1. The first kappa shape index (κ1) is 11.8. The molecule has 0 atom stereocenters. The average molecular weight is 236 g/mol. The maximum Gasteiger partial charge on any atom is 0.309 e. The lowest BCUT2D eigenvalue weighted by Crippen LogP contribution is -2.26. The molecule has 0 saturated heterocycles. The standard InChI is InChI=1S/C13H16O4/c1-8-4-9(6-13(2,3)12(14)15)5-10-11(8)17-7-16-10/h4-5H,6-7H2,1-3H3,(H,14,15). The first-order valence-electron chi connectivity index (χ1n) is 5.53. The van der Waals surface area contributed by atoms with Crippen molar-refractivity contribution < 1.29 is 19.4 Å². The van der Waals surface area contributed by atoms with E-state index in [1.54, 1.807) is 13.8 Å². The summed E-state index contributed by atoms with van der Waals surface area (Å²) in [5.41, 5.74) is 1.16. The molecule has 0 bridgehead atoms. The molecule has 0 fully saturated rings. The fraction of sp³-hybridized carbons (Fsp3) is 0.462. The first-order chi connectivity index (χ1) is 7.90. The lowest BCUT2D eigenvalue weighted by Gasteiger charge is -2.19. The van der Waals surface area contributed by atoms with Crippen LogP contribution in [-0.2, 0) is 11.2 Å². The van der Waals surface area contributed by atoms with Gasteiger partial charge in [0.15, 0.2) is 11.5 Å². The number of hydrogen-bond donors (Lipinski definition) is 1. The number of aliphatic carboxylic acids is 1. The lowest BCUT2D eigenvalue weighted by atomic mass is 9.85. The van der Waals surface area contributed by atoms with Crippen LogP contribution in [0.25, 0.3) is 0 Å². The zero-order valence-corrected chi connectivity index (χ0v) is 10.2. The monoisotopic (exact) mass is 236 g/mol. The molecular weight excluding hydrogens is 220 g/mol. The predicted molar refractivity (Wildman–Crippen MR) is 62.4 cm³/mol. The van der Waals surface area contributed by atoms with Crippen molar-refractivity contribution in [2.24, 2.45) is 5.41 Å². The summed E-state index contributed by atoms with van der Waals surface area (Å²) in [6.45, 7) is 5.61. The number of ether oxygens (including phenoxy) is 2. The van der Waals surface area contributed by atoms with E-state index in [1.165, 1.54) is 0 Å². The number of carbonyl (C=O) groups is 1. The minimum Gasteiger partial charge on any atom is -0.481 e. The number of carboxylic acids is 1. The third kappa shape index (κ3) is 2.20. The van der Waals surface area contributed by atoms with Crippen LogP contribution < -0.4 is 9.47 Å². The lowest BCUT2D eigenvalue weighted by molar-refractivity contribution is -0.146. The Balaban J connectivity index is 2.29. The van der Waals surface area contributed by atoms with Gasteiger partial charge in [0.25, 0.3) is 0 Å². The first-order valence-corrected chi connectivity index (χ1v) is 5.53. The van der Waals surface area contributed by atoms with Crippen LogP contribution in [0, 0.1) is 12.3 Å². The van der Waals surface area contributed by atoms with Gasteiger partial charge in [-0.3, -0.25) is 4.79 Å². The second-order valence-electron chi connectivity index (χ2n) is 5.01. The van der Waals surface area contributed by atoms with Gasteiger partial charge in [-0.05, 0) is 44.4 Å². The highest BCUT2D eigenvalue weighted by molar-refractivity contribution is 5.74. The number of fused-ring (bicyclic) bond motifs is 1. The number of aryl methyl sites for hydroxylation is 1. The number of hydrogen-bond acceptors (Lipinski definition) is 3. The third-order valence-electron chi connectivity index (χ3n) is 2.94. The van der Waals surface area contributed by atoms with Gasteiger partial charge in [0, 0.05) is 0 Å². The summed E-state index contributed by atoms with van der Waals surface area (Å²) in [6.07, 6.45) is 0.472. The zero-order valence-electron chi connectivity index (χ0n) is 10.2. The minimum absolute atomic E-state index is 0.238. The molecule has 0 radical (unpaired) electrons. The van der Waals surface area contributed by atoms with Crippen LogP contribution in [0.1, 0.15) is 25.0 Å². The molecule has 1 aliphatic rings. The Morgan fingerprint density at radius 3 is 2.76 bits per heavy atom. The van der Waals surface area contributed by atoms with E-state index in [1.807, 2.05) is 19.1 Å². The summed E-state index contributed by atoms with van der Waals surface area (Å²) in [6, 6.07) is 3.82. The molecular formula is C13H16O4. The normalized spacial score (nSPS) is 13.8. The highest BCUT2D eigenvalue weighted by Gasteiger charge is 2.28. The Kier molecular flexibility index (Phi) is 2.73. The summed E-state index contributed by atoms with van der Waals surface area (Å²) in [7, 11) is 0. The van der Waals surface area contributed by atoms with Crippen LogP contribution in [0.3, 0.4) is 0 Å². The molecule has 0 aromatic heterocycles. The second kappa shape index (κ2) is 3.95. The van der Waals surface area contributed by atoms with Crippen LogP contribution in [0.2, 0.25) is 0 Å². The topological polar surface area (TPSA) is 55.8 Å². The quantitative estimate of drug-likeness (QED) is 0.875. The average Bonchev–Trinajstić information content (AvgIpc) is 2.64. The van der Waals surface area contributed by atoms with Crippen molar-refractivity contribution in [2.75, 3.05) is 6.79 Å². The molecule has 0 aliphatic carbocycles. The van der Waals surface area contributed by atoms with E-state index < -0.39 is 11.4 Å². The van der Waals surface area contributed by atoms with Gasteiger partial charge in [-0.1, -0.05) is 6.07 Å². The van der Waals surface area contributed by atoms with Gasteiger partial charge < -0.3 is 14.6 Å². The van der Waals surface area contributed by atoms with E-state index in [0.717, 1.165) is 16.9 Å². The molecule has 0 amide bonds. The maximum absolute atomic E-state index is 11.1. The number of rotatable bonds is 3. The maximum atomic E-state index is 11.1. The van der Waals surface area contributed by atoms with E-state index in [0.29, 0.717) is 12.2 Å². The van der Waals surface area contributed by atoms with E-state index in [9.17, 15) is 4.79 Å². The predicted octanol–water partition coefficient (Wildman–Crippen LogP) is 2.38. The van der Waals surface area contributed by atoms with Crippen molar-refractivity contribution in [2.45, 2.75) is 27.2 Å². The Labute approximate surface area is 100 Å². The summed E-state index contributed by atoms with van der Waals surface area (Å²) in [5, 5.41) is 9.11. The van der Waals surface area contributed by atoms with Crippen LogP contribution in [0.4, 0.5) is 0 Å². The molecule has 4 nitrogen and oxygen atoms in total. The van der Waals surface area contributed by atoms with Gasteiger partial charge in [-0.25, -0.2) is 0 Å². The van der Waals surface area contributed by atoms with Gasteiger partial charge in [-0.2, -0.15) is 0 Å². The van der Waals surface area contributed by atoms with Crippen molar-refractivity contribution in [1.82, 2.24) is 0 Å². The number of benzene rings is 1. The summed E-state index contributed by atoms with van der Waals surface area (Å²) >= 11 is 0. The Hall–Kier alpha value is -1.71. The zero-order chi connectivity index (χ0) is 12.6. The van der Waals surface area contributed by atoms with Gasteiger partial charge in [0.2, 0.25) is 6.79 Å². The van der Waals surface area contributed by atoms with Gasteiger partial charge in [0.05, 0.1) is 5.41 Å². The third-order valence-corrected chi connectivity index (χ3v) is 2.94. The van der Waals surface area contributed by atoms with Crippen LogP contribution in [0.5, 0.6) is 11.5 Å². The van der Waals surface area contributed by atoms with E-state index in [-0.39, 0.29) is 6.79 Å². The van der Waals surface area contributed by atoms with E-state index in [4.69, 9.17) is 14.6 Å². The SMILES string of the molecule is Cc1cc(CC(C)(C)C(=O)O)cc2c1OCO2. The molecule has 1 aliphatic heterocycles. The van der Waals surface area contributed by atoms with Crippen LogP contribution in [-0.4, -0.2) is 17.9 Å². The molecule has 1 aromatic rings. The van der Waals surface area contributed by atoms with Crippen molar-refractivity contribution in [3.63, 3.8) is 0 Å². The fourth-order valence-electron chi connectivity index (χ4n) is 1.95. The fourth-order valence-corrected chi connectivity index (χ4v) is 1.95. The van der Waals surface area contributed by atoms with Crippen molar-refractivity contribution >= 4 is 5.97 Å². The highest BCUT2D eigenvalue weighted by Crippen LogP contribution is 2.37. The molecule has 2 rings (SSSR count). The molecule has 0 unspecified atom stereocenters. The van der Waals surface area contributed by atoms with E-state index >= 15 is 0 Å². The Morgan fingerprint density at radius 1 is 1.41 bits per heavy atom. The van der Waals surface area contributed by atoms with Crippen LogP contribution in [0.15, 0.2) is 12.1 Å². The van der Waals surface area contributed by atoms with Gasteiger partial charge in [0.1, 0.15) is 0 Å². The molecule has 0 saturated carbocycles. The minimum atomic E-state index is -0.798. The molecule has 92 valence electrons. The van der Waals surface area contributed by atoms with Crippen LogP contribution >= 0.6 is 0 Å². The van der Waals surface area contributed by atoms with E-state index in [2.05, 4.69) is 0 Å². The highest BCUT2D eigenvalue weighted by atomic mass is 16.7. The Morgan fingerprint density at radius 2 is 2.12 bits per heavy atom. The van der Waals surface area contributed by atoms with Crippen molar-refractivity contribution in [3.8, 4) is 11.5 Å². The molecule has 1 N–H and O–H groups in total. The molecule has 17 heavy (non-hydrogen) atoms. The van der Waals surface area contributed by atoms with Gasteiger partial charge in [-0.15, -0.1) is 0 Å². The largest absolute Gasteiger partial charge is 0.481 e. The summed E-state index contributed by atoms with van der Waals surface area (Å²) in [4.78, 5) is 11.1. The smallest absolute Gasteiger partial charge is 0.309 e. The van der Waals surface area contributed by atoms with Gasteiger partial charge >= 0.3 is 5.97 Å². The second-order valence-corrected chi connectivity index (χ2v) is 5.01.